The third kappa shape index (κ3) is 3.41. The van der Waals surface area contributed by atoms with E-state index >= 15 is 0 Å². The van der Waals surface area contributed by atoms with Crippen molar-refractivity contribution in [2.75, 3.05) is 18.8 Å². The van der Waals surface area contributed by atoms with Crippen LogP contribution in [0.3, 0.4) is 0 Å². The fourth-order valence-electron chi connectivity index (χ4n) is 1.67. The van der Waals surface area contributed by atoms with E-state index in [1.807, 2.05) is 13.8 Å². The maximum atomic E-state index is 11.8. The fraction of sp³-hybridized carbons (Fsp3) is 1.00. The van der Waals surface area contributed by atoms with E-state index in [1.54, 1.807) is 0 Å². The van der Waals surface area contributed by atoms with Crippen LogP contribution in [0.15, 0.2) is 0 Å². The summed E-state index contributed by atoms with van der Waals surface area (Å²) in [5.74, 6) is 0.409. The molecule has 0 amide bonds. The van der Waals surface area contributed by atoms with Crippen LogP contribution in [-0.4, -0.2) is 36.9 Å². The number of nitrogens with zero attached hydrogens (tertiary/aromatic N) is 1. The molecule has 0 radical (unpaired) electrons. The molecule has 3 nitrogen and oxygen atoms in total. The summed E-state index contributed by atoms with van der Waals surface area (Å²) in [6.45, 7) is 4.95. The average Bonchev–Trinajstić information content (AvgIpc) is 2.01. The van der Waals surface area contributed by atoms with Crippen LogP contribution in [0.4, 0.5) is 0 Å². The van der Waals surface area contributed by atoms with E-state index < -0.39 is 10.0 Å². The van der Waals surface area contributed by atoms with Gasteiger partial charge in [0.25, 0.3) is 0 Å². The summed E-state index contributed by atoms with van der Waals surface area (Å²) < 4.78 is 25.2. The number of sulfonamides is 1. The van der Waals surface area contributed by atoms with E-state index in [9.17, 15) is 8.42 Å². The minimum Gasteiger partial charge on any atom is -0.212 e. The minimum absolute atomic E-state index is 0.00862. The summed E-state index contributed by atoms with van der Waals surface area (Å²) in [5, 5.41) is -0.00862. The van der Waals surface area contributed by atoms with Crippen molar-refractivity contribution in [1.29, 1.82) is 0 Å². The topological polar surface area (TPSA) is 37.4 Å². The van der Waals surface area contributed by atoms with E-state index in [0.29, 0.717) is 13.1 Å². The largest absolute Gasteiger partial charge is 0.214 e. The van der Waals surface area contributed by atoms with Crippen molar-refractivity contribution >= 4 is 21.6 Å². The number of hydrogen-bond acceptors (Lipinski definition) is 2. The van der Waals surface area contributed by atoms with Gasteiger partial charge in [-0.1, -0.05) is 13.8 Å². The maximum Gasteiger partial charge on any atom is 0.214 e. The van der Waals surface area contributed by atoms with Crippen molar-refractivity contribution in [3.05, 3.63) is 0 Å². The van der Waals surface area contributed by atoms with Gasteiger partial charge in [-0.2, -0.15) is 0 Å². The van der Waals surface area contributed by atoms with Crippen LogP contribution in [0.2, 0.25) is 0 Å². The number of hydrogen-bond donors (Lipinski definition) is 0. The van der Waals surface area contributed by atoms with Crippen LogP contribution >= 0.6 is 11.6 Å². The Bertz CT molecular complexity index is 277. The van der Waals surface area contributed by atoms with Gasteiger partial charge in [-0.25, -0.2) is 12.7 Å². The quantitative estimate of drug-likeness (QED) is 0.703. The van der Waals surface area contributed by atoms with E-state index in [1.165, 1.54) is 4.31 Å². The lowest BCUT2D eigenvalue weighted by molar-refractivity contribution is 0.348. The van der Waals surface area contributed by atoms with E-state index in [4.69, 9.17) is 11.6 Å². The van der Waals surface area contributed by atoms with Gasteiger partial charge < -0.3 is 0 Å². The lowest BCUT2D eigenvalue weighted by Crippen LogP contribution is -2.42. The molecule has 1 heterocycles. The molecule has 1 aliphatic heterocycles. The van der Waals surface area contributed by atoms with Crippen molar-refractivity contribution in [2.45, 2.75) is 32.1 Å². The zero-order valence-corrected chi connectivity index (χ0v) is 10.3. The smallest absolute Gasteiger partial charge is 0.212 e. The molecule has 0 aromatic carbocycles. The van der Waals surface area contributed by atoms with E-state index in [0.717, 1.165) is 12.8 Å². The van der Waals surface area contributed by atoms with Crippen molar-refractivity contribution in [3.63, 3.8) is 0 Å². The Hall–Kier alpha value is 0.200. The van der Waals surface area contributed by atoms with Gasteiger partial charge in [-0.15, -0.1) is 11.6 Å². The highest BCUT2D eigenvalue weighted by atomic mass is 35.5. The molecule has 0 N–H and O–H groups in total. The molecule has 0 aromatic heterocycles. The van der Waals surface area contributed by atoms with Gasteiger partial charge in [0.1, 0.15) is 0 Å². The molecule has 0 bridgehead atoms. The summed E-state index contributed by atoms with van der Waals surface area (Å²) in [6, 6.07) is 0. The number of piperidine rings is 1. The first-order valence-electron chi connectivity index (χ1n) is 5.03. The molecule has 14 heavy (non-hydrogen) atoms. The van der Waals surface area contributed by atoms with Crippen LogP contribution in [0.5, 0.6) is 0 Å². The Morgan fingerprint density at radius 3 is 2.64 bits per heavy atom. The Morgan fingerprint density at radius 1 is 1.50 bits per heavy atom. The van der Waals surface area contributed by atoms with Crippen LogP contribution in [0.25, 0.3) is 0 Å². The molecule has 0 saturated carbocycles. The molecule has 1 rings (SSSR count). The number of halogens is 1. The number of rotatable bonds is 3. The zero-order chi connectivity index (χ0) is 10.8. The normalized spacial score (nSPS) is 25.6. The molecule has 0 aromatic rings. The molecule has 1 unspecified atom stereocenters. The zero-order valence-electron chi connectivity index (χ0n) is 8.74. The molecule has 1 aliphatic rings. The summed E-state index contributed by atoms with van der Waals surface area (Å²) in [5.41, 5.74) is 0. The Morgan fingerprint density at radius 2 is 2.14 bits per heavy atom. The molecule has 1 fully saturated rings. The fourth-order valence-corrected chi connectivity index (χ4v) is 3.94. The second-order valence-corrected chi connectivity index (χ2v) is 6.90. The molecule has 0 spiro atoms. The Kier molecular flexibility index (Phi) is 4.22. The van der Waals surface area contributed by atoms with Gasteiger partial charge in [0.15, 0.2) is 0 Å². The van der Waals surface area contributed by atoms with E-state index in [2.05, 4.69) is 0 Å². The summed E-state index contributed by atoms with van der Waals surface area (Å²) in [6.07, 6.45) is 1.81. The first kappa shape index (κ1) is 12.3. The van der Waals surface area contributed by atoms with Gasteiger partial charge in [-0.05, 0) is 18.8 Å². The predicted octanol–water partition coefficient (Wildman–Crippen LogP) is 1.68. The predicted molar refractivity (Wildman–Crippen MR) is 59.1 cm³/mol. The Labute approximate surface area is 91.5 Å². The van der Waals surface area contributed by atoms with Crippen molar-refractivity contribution in [2.24, 2.45) is 5.92 Å². The summed E-state index contributed by atoms with van der Waals surface area (Å²) in [7, 11) is -3.07. The Balaban J connectivity index is 2.62. The second-order valence-electron chi connectivity index (χ2n) is 4.27. The molecule has 84 valence electrons. The molecular formula is C9H18ClNO2S. The van der Waals surface area contributed by atoms with Crippen LogP contribution < -0.4 is 0 Å². The lowest BCUT2D eigenvalue weighted by atomic mass is 10.2. The highest BCUT2D eigenvalue weighted by Crippen LogP contribution is 2.19. The third-order valence-electron chi connectivity index (χ3n) is 2.26. The SMILES string of the molecule is CC(C)CS(=O)(=O)N1CCCC(Cl)C1. The molecule has 5 heteroatoms. The van der Waals surface area contributed by atoms with Gasteiger partial charge >= 0.3 is 0 Å². The maximum absolute atomic E-state index is 11.8. The first-order chi connectivity index (χ1) is 6.42. The van der Waals surface area contributed by atoms with Gasteiger partial charge in [0, 0.05) is 18.5 Å². The lowest BCUT2D eigenvalue weighted by Gasteiger charge is -2.29. The molecular weight excluding hydrogens is 222 g/mol. The van der Waals surface area contributed by atoms with Crippen LogP contribution in [0, 0.1) is 5.92 Å². The van der Waals surface area contributed by atoms with E-state index in [-0.39, 0.29) is 17.0 Å². The number of alkyl halides is 1. The molecule has 1 saturated heterocycles. The first-order valence-corrected chi connectivity index (χ1v) is 7.08. The molecule has 0 aliphatic carbocycles. The van der Waals surface area contributed by atoms with Crippen LogP contribution in [0.1, 0.15) is 26.7 Å². The summed E-state index contributed by atoms with van der Waals surface area (Å²) >= 11 is 5.95. The van der Waals surface area contributed by atoms with Gasteiger partial charge in [0.2, 0.25) is 10.0 Å². The highest BCUT2D eigenvalue weighted by Gasteiger charge is 2.28. The average molecular weight is 240 g/mol. The monoisotopic (exact) mass is 239 g/mol. The van der Waals surface area contributed by atoms with Crippen LogP contribution in [-0.2, 0) is 10.0 Å². The third-order valence-corrected chi connectivity index (χ3v) is 4.83. The minimum atomic E-state index is -3.07. The summed E-state index contributed by atoms with van der Waals surface area (Å²) in [4.78, 5) is 0. The standard InChI is InChI=1S/C9H18ClNO2S/c1-8(2)7-14(12,13)11-5-3-4-9(10)6-11/h8-9H,3-7H2,1-2H3. The van der Waals surface area contributed by atoms with Crippen molar-refractivity contribution in [1.82, 2.24) is 4.31 Å². The molecule has 1 atom stereocenters. The van der Waals surface area contributed by atoms with Crippen molar-refractivity contribution < 1.29 is 8.42 Å². The van der Waals surface area contributed by atoms with Crippen molar-refractivity contribution in [3.8, 4) is 0 Å². The second kappa shape index (κ2) is 4.81. The van der Waals surface area contributed by atoms with Gasteiger partial charge in [-0.3, -0.25) is 0 Å². The van der Waals surface area contributed by atoms with Gasteiger partial charge in [0.05, 0.1) is 5.75 Å². The highest BCUT2D eigenvalue weighted by molar-refractivity contribution is 7.89.